The van der Waals surface area contributed by atoms with Gasteiger partial charge in [0.15, 0.2) is 0 Å². The van der Waals surface area contributed by atoms with E-state index in [-0.39, 0.29) is 0 Å². The van der Waals surface area contributed by atoms with Crippen LogP contribution in [0.25, 0.3) is 0 Å². The SMILES string of the molecule is CCc1c(O)cccc1[C@H]1CCCN1. The van der Waals surface area contributed by atoms with E-state index in [1.165, 1.54) is 18.4 Å². The Morgan fingerprint density at radius 3 is 3.00 bits per heavy atom. The highest BCUT2D eigenvalue weighted by atomic mass is 16.3. The summed E-state index contributed by atoms with van der Waals surface area (Å²) in [6, 6.07) is 6.29. The normalized spacial score (nSPS) is 21.4. The number of rotatable bonds is 2. The second-order valence-corrected chi connectivity index (χ2v) is 3.85. The molecular weight excluding hydrogens is 174 g/mol. The van der Waals surface area contributed by atoms with E-state index in [4.69, 9.17) is 0 Å². The quantitative estimate of drug-likeness (QED) is 0.752. The minimum atomic E-state index is 0.443. The molecule has 1 saturated heterocycles. The molecule has 0 amide bonds. The summed E-state index contributed by atoms with van der Waals surface area (Å²) in [5.41, 5.74) is 2.39. The smallest absolute Gasteiger partial charge is 0.119 e. The fourth-order valence-corrected chi connectivity index (χ4v) is 2.25. The van der Waals surface area contributed by atoms with Crippen molar-refractivity contribution in [1.29, 1.82) is 0 Å². The minimum Gasteiger partial charge on any atom is -0.508 e. The van der Waals surface area contributed by atoms with Crippen molar-refractivity contribution in [1.82, 2.24) is 5.32 Å². The third kappa shape index (κ3) is 1.62. The Hall–Kier alpha value is -1.02. The Balaban J connectivity index is 2.35. The van der Waals surface area contributed by atoms with E-state index in [2.05, 4.69) is 18.3 Å². The third-order valence-corrected chi connectivity index (χ3v) is 2.98. The van der Waals surface area contributed by atoms with Gasteiger partial charge >= 0.3 is 0 Å². The molecule has 0 aromatic heterocycles. The maximum atomic E-state index is 9.72. The largest absolute Gasteiger partial charge is 0.508 e. The van der Waals surface area contributed by atoms with Crippen LogP contribution in [0.15, 0.2) is 18.2 Å². The van der Waals surface area contributed by atoms with Crippen LogP contribution in [0.3, 0.4) is 0 Å². The number of phenolic OH excluding ortho intramolecular Hbond substituents is 1. The Morgan fingerprint density at radius 1 is 1.50 bits per heavy atom. The average Bonchev–Trinajstić information content (AvgIpc) is 2.70. The van der Waals surface area contributed by atoms with Gasteiger partial charge in [0.2, 0.25) is 0 Å². The van der Waals surface area contributed by atoms with Crippen molar-refractivity contribution >= 4 is 0 Å². The molecule has 0 unspecified atom stereocenters. The number of hydrogen-bond acceptors (Lipinski definition) is 2. The van der Waals surface area contributed by atoms with Crippen LogP contribution in [0.5, 0.6) is 5.75 Å². The van der Waals surface area contributed by atoms with Gasteiger partial charge in [0.05, 0.1) is 0 Å². The number of hydrogen-bond donors (Lipinski definition) is 2. The van der Waals surface area contributed by atoms with E-state index >= 15 is 0 Å². The van der Waals surface area contributed by atoms with Gasteiger partial charge in [-0.1, -0.05) is 19.1 Å². The molecule has 0 saturated carbocycles. The van der Waals surface area contributed by atoms with Crippen LogP contribution in [-0.2, 0) is 6.42 Å². The van der Waals surface area contributed by atoms with Crippen LogP contribution < -0.4 is 5.32 Å². The lowest BCUT2D eigenvalue weighted by Gasteiger charge is -2.15. The van der Waals surface area contributed by atoms with E-state index in [1.807, 2.05) is 6.07 Å². The molecule has 1 heterocycles. The van der Waals surface area contributed by atoms with E-state index < -0.39 is 0 Å². The molecule has 2 nitrogen and oxygen atoms in total. The first-order valence-corrected chi connectivity index (χ1v) is 5.37. The molecule has 2 rings (SSSR count). The molecule has 0 bridgehead atoms. The number of nitrogens with one attached hydrogen (secondary N) is 1. The van der Waals surface area contributed by atoms with Crippen molar-refractivity contribution in [3.63, 3.8) is 0 Å². The van der Waals surface area contributed by atoms with Gasteiger partial charge in [0, 0.05) is 6.04 Å². The molecule has 2 N–H and O–H groups in total. The zero-order chi connectivity index (χ0) is 9.97. The summed E-state index contributed by atoms with van der Waals surface area (Å²) in [7, 11) is 0. The first-order valence-electron chi connectivity index (χ1n) is 5.37. The lowest BCUT2D eigenvalue weighted by Crippen LogP contribution is -2.14. The molecule has 2 heteroatoms. The summed E-state index contributed by atoms with van der Waals surface area (Å²) in [5.74, 6) is 0.443. The van der Waals surface area contributed by atoms with Crippen molar-refractivity contribution < 1.29 is 5.11 Å². The summed E-state index contributed by atoms with van der Waals surface area (Å²) in [6.07, 6.45) is 3.33. The van der Waals surface area contributed by atoms with Crippen molar-refractivity contribution in [3.8, 4) is 5.75 Å². The van der Waals surface area contributed by atoms with Crippen LogP contribution in [0.2, 0.25) is 0 Å². The third-order valence-electron chi connectivity index (χ3n) is 2.98. The first kappa shape index (κ1) is 9.53. The van der Waals surface area contributed by atoms with Crippen LogP contribution in [-0.4, -0.2) is 11.7 Å². The Morgan fingerprint density at radius 2 is 2.36 bits per heavy atom. The number of aromatic hydroxyl groups is 1. The molecule has 1 fully saturated rings. The molecule has 14 heavy (non-hydrogen) atoms. The summed E-state index contributed by atoms with van der Waals surface area (Å²) < 4.78 is 0. The van der Waals surface area contributed by atoms with Gasteiger partial charge in [-0.3, -0.25) is 0 Å². The minimum absolute atomic E-state index is 0.443. The standard InChI is InChI=1S/C12H17NO/c1-2-9-10(5-3-7-12(9)14)11-6-4-8-13-11/h3,5,7,11,13-14H,2,4,6,8H2,1H3/t11-/m1/s1. The molecule has 1 aromatic carbocycles. The topological polar surface area (TPSA) is 32.3 Å². The molecule has 1 aromatic rings. The lowest BCUT2D eigenvalue weighted by molar-refractivity contribution is 0.465. The van der Waals surface area contributed by atoms with Crippen LogP contribution >= 0.6 is 0 Å². The number of phenols is 1. The first-order chi connectivity index (χ1) is 6.83. The number of benzene rings is 1. The van der Waals surface area contributed by atoms with E-state index in [0.29, 0.717) is 11.8 Å². The van der Waals surface area contributed by atoms with Gasteiger partial charge in [0.25, 0.3) is 0 Å². The van der Waals surface area contributed by atoms with Gasteiger partial charge in [-0.15, -0.1) is 0 Å². The molecule has 76 valence electrons. The highest BCUT2D eigenvalue weighted by molar-refractivity contribution is 5.41. The second-order valence-electron chi connectivity index (χ2n) is 3.85. The fraction of sp³-hybridized carbons (Fsp3) is 0.500. The summed E-state index contributed by atoms with van der Waals surface area (Å²) in [4.78, 5) is 0. The highest BCUT2D eigenvalue weighted by Gasteiger charge is 2.19. The molecule has 1 atom stereocenters. The van der Waals surface area contributed by atoms with Crippen molar-refractivity contribution in [2.24, 2.45) is 0 Å². The molecular formula is C12H17NO. The fourth-order valence-electron chi connectivity index (χ4n) is 2.25. The maximum Gasteiger partial charge on any atom is 0.119 e. The molecule has 0 spiro atoms. The van der Waals surface area contributed by atoms with Crippen LogP contribution in [0, 0.1) is 0 Å². The van der Waals surface area contributed by atoms with E-state index in [1.54, 1.807) is 6.07 Å². The monoisotopic (exact) mass is 191 g/mol. The zero-order valence-electron chi connectivity index (χ0n) is 8.59. The highest BCUT2D eigenvalue weighted by Crippen LogP contribution is 2.30. The lowest BCUT2D eigenvalue weighted by atomic mass is 9.97. The molecule has 0 radical (unpaired) electrons. The van der Waals surface area contributed by atoms with Crippen molar-refractivity contribution in [2.45, 2.75) is 32.2 Å². The predicted molar refractivity (Wildman–Crippen MR) is 57.5 cm³/mol. The Kier molecular flexibility index (Phi) is 2.73. The van der Waals surface area contributed by atoms with E-state index in [0.717, 1.165) is 18.5 Å². The van der Waals surface area contributed by atoms with Crippen LogP contribution in [0.4, 0.5) is 0 Å². The van der Waals surface area contributed by atoms with Gasteiger partial charge < -0.3 is 10.4 Å². The van der Waals surface area contributed by atoms with Gasteiger partial charge in [-0.05, 0) is 43.0 Å². The van der Waals surface area contributed by atoms with Crippen molar-refractivity contribution in [2.75, 3.05) is 6.54 Å². The molecule has 0 aliphatic carbocycles. The average molecular weight is 191 g/mol. The predicted octanol–water partition coefficient (Wildman–Crippen LogP) is 2.38. The summed E-state index contributed by atoms with van der Waals surface area (Å²) in [6.45, 7) is 3.19. The van der Waals surface area contributed by atoms with Crippen molar-refractivity contribution in [3.05, 3.63) is 29.3 Å². The van der Waals surface area contributed by atoms with Gasteiger partial charge in [0.1, 0.15) is 5.75 Å². The van der Waals surface area contributed by atoms with Gasteiger partial charge in [-0.25, -0.2) is 0 Å². The van der Waals surface area contributed by atoms with Gasteiger partial charge in [-0.2, -0.15) is 0 Å². The molecule has 1 aliphatic heterocycles. The van der Waals surface area contributed by atoms with Crippen LogP contribution in [0.1, 0.15) is 36.9 Å². The Labute approximate surface area is 85.0 Å². The second kappa shape index (κ2) is 4.01. The summed E-state index contributed by atoms with van der Waals surface area (Å²) >= 11 is 0. The molecule has 1 aliphatic rings. The Bertz CT molecular complexity index is 316. The zero-order valence-corrected chi connectivity index (χ0v) is 8.59. The summed E-state index contributed by atoms with van der Waals surface area (Å²) in [5, 5.41) is 13.2. The van der Waals surface area contributed by atoms with E-state index in [9.17, 15) is 5.11 Å². The maximum absolute atomic E-state index is 9.72.